The summed E-state index contributed by atoms with van der Waals surface area (Å²) < 4.78 is 0. The number of anilines is 1. The van der Waals surface area contributed by atoms with Crippen molar-refractivity contribution >= 4 is 29.2 Å². The Balaban J connectivity index is 1.80. The highest BCUT2D eigenvalue weighted by atomic mass is 35.5. The average Bonchev–Trinajstić information content (AvgIpc) is 2.43. The van der Waals surface area contributed by atoms with Crippen LogP contribution in [0, 0.1) is 0 Å². The molecule has 0 fully saturated rings. The molecule has 1 N–H and O–H groups in total. The molecule has 0 aliphatic rings. The van der Waals surface area contributed by atoms with Crippen molar-refractivity contribution in [2.45, 2.75) is 18.4 Å². The van der Waals surface area contributed by atoms with Crippen LogP contribution in [0.5, 0.6) is 0 Å². The highest BCUT2D eigenvalue weighted by Crippen LogP contribution is 2.18. The van der Waals surface area contributed by atoms with Gasteiger partial charge in [-0.2, -0.15) is 11.8 Å². The van der Waals surface area contributed by atoms with E-state index in [1.54, 1.807) is 6.20 Å². The molecule has 0 bridgehead atoms. The van der Waals surface area contributed by atoms with E-state index < -0.39 is 0 Å². The number of halogens is 1. The highest BCUT2D eigenvalue weighted by molar-refractivity contribution is 7.97. The lowest BCUT2D eigenvalue weighted by molar-refractivity contribution is 1.07. The largest absolute Gasteiger partial charge is 0.369 e. The van der Waals surface area contributed by atoms with Crippen LogP contribution in [0.4, 0.5) is 5.82 Å². The first-order valence-corrected chi connectivity index (χ1v) is 7.68. The second kappa shape index (κ2) is 7.36. The Labute approximate surface area is 122 Å². The van der Waals surface area contributed by atoms with Crippen molar-refractivity contribution < 1.29 is 0 Å². The van der Waals surface area contributed by atoms with E-state index in [0.717, 1.165) is 34.6 Å². The number of aromatic nitrogens is 2. The molecular formula is C14H16ClN3S. The summed E-state index contributed by atoms with van der Waals surface area (Å²) in [5, 5.41) is 3.91. The van der Waals surface area contributed by atoms with Crippen LogP contribution in [0.1, 0.15) is 18.2 Å². The summed E-state index contributed by atoms with van der Waals surface area (Å²) in [6, 6.07) is 7.94. The molecule has 3 nitrogen and oxygen atoms in total. The molecule has 2 rings (SSSR count). The fourth-order valence-electron chi connectivity index (χ4n) is 1.56. The lowest BCUT2D eigenvalue weighted by atomic mass is 10.2. The maximum Gasteiger partial charge on any atom is 0.144 e. The third-order valence-corrected chi connectivity index (χ3v) is 3.78. The third-order valence-electron chi connectivity index (χ3n) is 2.50. The lowest BCUT2D eigenvalue weighted by Gasteiger charge is -2.04. The Morgan fingerprint density at radius 1 is 1.11 bits per heavy atom. The Morgan fingerprint density at radius 2 is 1.89 bits per heavy atom. The summed E-state index contributed by atoms with van der Waals surface area (Å²) in [7, 11) is 0. The molecule has 0 unspecified atom stereocenters. The minimum atomic E-state index is 0.777. The summed E-state index contributed by atoms with van der Waals surface area (Å²) in [4.78, 5) is 8.68. The molecule has 0 radical (unpaired) electrons. The average molecular weight is 294 g/mol. The molecule has 0 amide bonds. The number of hydrogen-bond donors (Lipinski definition) is 1. The minimum absolute atomic E-state index is 0.777. The highest BCUT2D eigenvalue weighted by Gasteiger charge is 1.99. The zero-order valence-electron chi connectivity index (χ0n) is 10.8. The molecule has 1 aromatic carbocycles. The third kappa shape index (κ3) is 4.73. The van der Waals surface area contributed by atoms with Gasteiger partial charge >= 0.3 is 0 Å². The Kier molecular flexibility index (Phi) is 5.48. The molecule has 0 aliphatic carbocycles. The SMILES string of the molecule is CCNc1cnc(CSCc2ccc(Cl)cc2)cn1. The van der Waals surface area contributed by atoms with Crippen LogP contribution in [0.3, 0.4) is 0 Å². The standard InChI is InChI=1S/C14H16ClN3S/c1-2-16-14-8-17-13(7-18-14)10-19-9-11-3-5-12(15)6-4-11/h3-8H,2,9-10H2,1H3,(H,16,18). The van der Waals surface area contributed by atoms with Gasteiger partial charge in [-0.25, -0.2) is 4.98 Å². The van der Waals surface area contributed by atoms with Gasteiger partial charge in [0, 0.05) is 23.1 Å². The maximum atomic E-state index is 5.85. The van der Waals surface area contributed by atoms with Gasteiger partial charge in [0.15, 0.2) is 0 Å². The Hall–Kier alpha value is -1.26. The van der Waals surface area contributed by atoms with E-state index in [9.17, 15) is 0 Å². The van der Waals surface area contributed by atoms with Crippen LogP contribution in [-0.2, 0) is 11.5 Å². The molecular weight excluding hydrogens is 278 g/mol. The maximum absolute atomic E-state index is 5.85. The molecule has 5 heteroatoms. The van der Waals surface area contributed by atoms with Crippen LogP contribution in [0.15, 0.2) is 36.7 Å². The van der Waals surface area contributed by atoms with Crippen molar-refractivity contribution in [2.75, 3.05) is 11.9 Å². The van der Waals surface area contributed by atoms with E-state index in [0.29, 0.717) is 0 Å². The molecule has 1 aromatic heterocycles. The summed E-state index contributed by atoms with van der Waals surface area (Å²) in [5.74, 6) is 2.64. The number of hydrogen-bond acceptors (Lipinski definition) is 4. The molecule has 19 heavy (non-hydrogen) atoms. The fraction of sp³-hybridized carbons (Fsp3) is 0.286. The van der Waals surface area contributed by atoms with E-state index >= 15 is 0 Å². The van der Waals surface area contributed by atoms with E-state index in [-0.39, 0.29) is 0 Å². The van der Waals surface area contributed by atoms with Gasteiger partial charge in [-0.3, -0.25) is 4.98 Å². The van der Waals surface area contributed by atoms with Gasteiger partial charge in [0.05, 0.1) is 18.1 Å². The minimum Gasteiger partial charge on any atom is -0.369 e. The fourth-order valence-corrected chi connectivity index (χ4v) is 2.57. The molecule has 2 aromatic rings. The van der Waals surface area contributed by atoms with Crippen LogP contribution in [-0.4, -0.2) is 16.5 Å². The normalized spacial score (nSPS) is 10.4. The zero-order chi connectivity index (χ0) is 13.5. The van der Waals surface area contributed by atoms with Crippen molar-refractivity contribution in [3.63, 3.8) is 0 Å². The van der Waals surface area contributed by atoms with E-state index in [1.165, 1.54) is 5.56 Å². The van der Waals surface area contributed by atoms with Crippen molar-refractivity contribution in [1.29, 1.82) is 0 Å². The van der Waals surface area contributed by atoms with Gasteiger partial charge in [-0.15, -0.1) is 0 Å². The van der Waals surface area contributed by atoms with Gasteiger partial charge in [-0.1, -0.05) is 23.7 Å². The number of nitrogens with zero attached hydrogens (tertiary/aromatic N) is 2. The van der Waals surface area contributed by atoms with Gasteiger partial charge in [0.25, 0.3) is 0 Å². The lowest BCUT2D eigenvalue weighted by Crippen LogP contribution is -2.00. The molecule has 100 valence electrons. The number of thioether (sulfide) groups is 1. The first-order chi connectivity index (χ1) is 9.28. The summed E-state index contributed by atoms with van der Waals surface area (Å²) >= 11 is 7.67. The van der Waals surface area contributed by atoms with Gasteiger partial charge in [0.1, 0.15) is 5.82 Å². The van der Waals surface area contributed by atoms with Gasteiger partial charge in [-0.05, 0) is 24.6 Å². The van der Waals surface area contributed by atoms with E-state index in [1.807, 2.05) is 37.0 Å². The summed E-state index contributed by atoms with van der Waals surface area (Å²) in [6.45, 7) is 2.90. The topological polar surface area (TPSA) is 37.8 Å². The summed E-state index contributed by atoms with van der Waals surface area (Å²) in [5.41, 5.74) is 2.27. The van der Waals surface area contributed by atoms with Crippen LogP contribution in [0.2, 0.25) is 5.02 Å². The smallest absolute Gasteiger partial charge is 0.144 e. The van der Waals surface area contributed by atoms with Crippen LogP contribution in [0.25, 0.3) is 0 Å². The molecule has 0 saturated carbocycles. The molecule has 0 spiro atoms. The number of benzene rings is 1. The summed E-state index contributed by atoms with van der Waals surface area (Å²) in [6.07, 6.45) is 3.61. The first kappa shape index (κ1) is 14.2. The molecule has 0 saturated heterocycles. The molecule has 0 aliphatic heterocycles. The number of rotatable bonds is 6. The monoisotopic (exact) mass is 293 g/mol. The van der Waals surface area contributed by atoms with Gasteiger partial charge < -0.3 is 5.32 Å². The zero-order valence-corrected chi connectivity index (χ0v) is 12.3. The van der Waals surface area contributed by atoms with Crippen molar-refractivity contribution in [2.24, 2.45) is 0 Å². The van der Waals surface area contributed by atoms with E-state index in [4.69, 9.17) is 11.6 Å². The van der Waals surface area contributed by atoms with Crippen molar-refractivity contribution in [3.05, 3.63) is 52.9 Å². The predicted octanol–water partition coefficient (Wildman–Crippen LogP) is 4.00. The van der Waals surface area contributed by atoms with E-state index in [2.05, 4.69) is 27.4 Å². The molecule has 1 heterocycles. The van der Waals surface area contributed by atoms with Crippen molar-refractivity contribution in [1.82, 2.24) is 9.97 Å². The number of nitrogens with one attached hydrogen (secondary N) is 1. The molecule has 0 atom stereocenters. The van der Waals surface area contributed by atoms with Crippen LogP contribution < -0.4 is 5.32 Å². The Bertz CT molecular complexity index is 499. The van der Waals surface area contributed by atoms with Crippen molar-refractivity contribution in [3.8, 4) is 0 Å². The second-order valence-electron chi connectivity index (χ2n) is 4.04. The predicted molar refractivity (Wildman–Crippen MR) is 82.6 cm³/mol. The Morgan fingerprint density at radius 3 is 2.53 bits per heavy atom. The quantitative estimate of drug-likeness (QED) is 0.874. The van der Waals surface area contributed by atoms with Gasteiger partial charge in [0.2, 0.25) is 0 Å². The second-order valence-corrected chi connectivity index (χ2v) is 5.46. The first-order valence-electron chi connectivity index (χ1n) is 6.15. The van der Waals surface area contributed by atoms with Crippen LogP contribution >= 0.6 is 23.4 Å².